The van der Waals surface area contributed by atoms with Crippen molar-refractivity contribution in [2.24, 2.45) is 29.1 Å². The Morgan fingerprint density at radius 2 is 1.67 bits per heavy atom. The monoisotopic (exact) mass is 547 g/mol. The van der Waals surface area contributed by atoms with E-state index in [1.807, 2.05) is 6.92 Å². The van der Waals surface area contributed by atoms with Crippen LogP contribution >= 0.6 is 0 Å². The lowest BCUT2D eigenvalue weighted by Crippen LogP contribution is -2.48. The number of likely N-dealkylation sites (N-methyl/N-ethyl adjacent to an activating group) is 1. The van der Waals surface area contributed by atoms with Gasteiger partial charge in [-0.05, 0) is 126 Å². The number of amides is 2. The molecule has 9 nitrogen and oxygen atoms in total. The number of nitrogens with zero attached hydrogens (tertiary/aromatic N) is 1. The maximum atomic E-state index is 12.7. The summed E-state index contributed by atoms with van der Waals surface area (Å²) in [6.07, 6.45) is 13.8. The Labute approximate surface area is 233 Å². The number of carbonyl (C=O) groups excluding carboxylic acids is 3. The lowest BCUT2D eigenvalue weighted by molar-refractivity contribution is -0.152. The number of hydrogen-bond donors (Lipinski definition) is 3. The van der Waals surface area contributed by atoms with Crippen LogP contribution in [-0.2, 0) is 23.9 Å². The minimum atomic E-state index is -1.26. The van der Waals surface area contributed by atoms with Crippen molar-refractivity contribution < 1.29 is 29.0 Å². The predicted octanol–water partition coefficient (Wildman–Crippen LogP) is 3.50. The second-order valence-electron chi connectivity index (χ2n) is 12.9. The second-order valence-corrected chi connectivity index (χ2v) is 12.9. The SMILES string of the molecule is CCN(CC(=O)NC(CC(=O)O)C(=O)OCCCC12CC3CC(CC(C3)C1)C2)C(=O)CCCC1CCNCC1. The Kier molecular flexibility index (Phi) is 10.7. The van der Waals surface area contributed by atoms with Crippen LogP contribution in [-0.4, -0.2) is 72.6 Å². The van der Waals surface area contributed by atoms with Gasteiger partial charge in [0.15, 0.2) is 0 Å². The third-order valence-corrected chi connectivity index (χ3v) is 9.79. The van der Waals surface area contributed by atoms with Gasteiger partial charge in [-0.3, -0.25) is 14.4 Å². The maximum Gasteiger partial charge on any atom is 0.329 e. The molecule has 5 fully saturated rings. The molecule has 0 aromatic carbocycles. The zero-order valence-electron chi connectivity index (χ0n) is 23.8. The molecule has 0 aromatic heterocycles. The molecule has 0 aromatic rings. The van der Waals surface area contributed by atoms with E-state index in [0.717, 1.165) is 69.4 Å². The molecule has 1 saturated heterocycles. The van der Waals surface area contributed by atoms with Crippen LogP contribution in [0.15, 0.2) is 0 Å². The smallest absolute Gasteiger partial charge is 0.329 e. The molecule has 2 amide bonds. The summed E-state index contributed by atoms with van der Waals surface area (Å²) >= 11 is 0. The van der Waals surface area contributed by atoms with E-state index in [2.05, 4.69) is 10.6 Å². The van der Waals surface area contributed by atoms with Gasteiger partial charge in [-0.15, -0.1) is 0 Å². The van der Waals surface area contributed by atoms with Gasteiger partial charge in [-0.2, -0.15) is 0 Å². The van der Waals surface area contributed by atoms with Gasteiger partial charge in [0.1, 0.15) is 6.04 Å². The van der Waals surface area contributed by atoms with Crippen LogP contribution in [0.3, 0.4) is 0 Å². The standard InChI is InChI=1S/C30H49N3O6/c1-2-33(27(35)6-3-5-21-7-10-31-11-8-21)20-26(34)32-25(16-28(36)37)29(38)39-12-4-9-30-17-22-13-23(18-30)15-24(14-22)19-30/h21-25,31H,2-20H2,1H3,(H,32,34)(H,36,37). The number of ether oxygens (including phenoxy) is 1. The number of aliphatic carboxylic acids is 1. The summed E-state index contributed by atoms with van der Waals surface area (Å²) in [7, 11) is 0. The zero-order valence-corrected chi connectivity index (χ0v) is 23.8. The van der Waals surface area contributed by atoms with Crippen molar-refractivity contribution in [3.05, 3.63) is 0 Å². The lowest BCUT2D eigenvalue weighted by Gasteiger charge is -2.57. The fourth-order valence-corrected chi connectivity index (χ4v) is 8.34. The van der Waals surface area contributed by atoms with E-state index in [1.54, 1.807) is 0 Å². The fourth-order valence-electron chi connectivity index (χ4n) is 8.34. The molecule has 0 radical (unpaired) electrons. The molecule has 4 bridgehead atoms. The van der Waals surface area contributed by atoms with Gasteiger partial charge in [0, 0.05) is 13.0 Å². The Balaban J connectivity index is 1.18. The highest BCUT2D eigenvalue weighted by molar-refractivity contribution is 5.90. The summed E-state index contributed by atoms with van der Waals surface area (Å²) in [4.78, 5) is 51.0. The molecule has 39 heavy (non-hydrogen) atoms. The summed E-state index contributed by atoms with van der Waals surface area (Å²) in [5.41, 5.74) is 0.402. The van der Waals surface area contributed by atoms with Crippen LogP contribution in [0.25, 0.3) is 0 Å². The lowest BCUT2D eigenvalue weighted by atomic mass is 9.48. The molecule has 1 unspecified atom stereocenters. The van der Waals surface area contributed by atoms with E-state index in [1.165, 1.54) is 43.4 Å². The van der Waals surface area contributed by atoms with Gasteiger partial charge in [-0.1, -0.05) is 0 Å². The largest absolute Gasteiger partial charge is 0.481 e. The van der Waals surface area contributed by atoms with Gasteiger partial charge in [0.2, 0.25) is 11.8 Å². The number of carbonyl (C=O) groups is 4. The zero-order chi connectivity index (χ0) is 27.8. The van der Waals surface area contributed by atoms with E-state index >= 15 is 0 Å². The molecule has 220 valence electrons. The third-order valence-electron chi connectivity index (χ3n) is 9.79. The number of piperidine rings is 1. The van der Waals surface area contributed by atoms with Crippen LogP contribution in [0, 0.1) is 29.1 Å². The van der Waals surface area contributed by atoms with E-state index in [0.29, 0.717) is 24.3 Å². The topological polar surface area (TPSA) is 125 Å². The molecule has 4 aliphatic carbocycles. The van der Waals surface area contributed by atoms with Crippen molar-refractivity contribution in [3.63, 3.8) is 0 Å². The van der Waals surface area contributed by atoms with Crippen molar-refractivity contribution in [1.82, 2.24) is 15.5 Å². The summed E-state index contributed by atoms with van der Waals surface area (Å²) < 4.78 is 5.46. The number of esters is 1. The number of rotatable bonds is 15. The Morgan fingerprint density at radius 1 is 1.03 bits per heavy atom. The summed E-state index contributed by atoms with van der Waals surface area (Å²) in [5.74, 6) is 0.727. The normalized spacial score (nSPS) is 28.6. The molecule has 1 heterocycles. The average molecular weight is 548 g/mol. The highest BCUT2D eigenvalue weighted by Crippen LogP contribution is 2.61. The van der Waals surface area contributed by atoms with Gasteiger partial charge >= 0.3 is 11.9 Å². The molecule has 1 atom stereocenters. The number of carboxylic acid groups (broad SMARTS) is 1. The van der Waals surface area contributed by atoms with Crippen LogP contribution in [0.4, 0.5) is 0 Å². The van der Waals surface area contributed by atoms with Crippen molar-refractivity contribution in [3.8, 4) is 0 Å². The number of carboxylic acids is 1. The quantitative estimate of drug-likeness (QED) is 0.212. The van der Waals surface area contributed by atoms with E-state index in [-0.39, 0.29) is 19.1 Å². The predicted molar refractivity (Wildman–Crippen MR) is 147 cm³/mol. The van der Waals surface area contributed by atoms with Crippen molar-refractivity contribution in [2.45, 2.75) is 103 Å². The molecular weight excluding hydrogens is 498 g/mol. The molecule has 4 saturated carbocycles. The first-order valence-electron chi connectivity index (χ1n) is 15.4. The maximum absolute atomic E-state index is 12.7. The van der Waals surface area contributed by atoms with Gasteiger partial charge in [-0.25, -0.2) is 4.79 Å². The minimum Gasteiger partial charge on any atom is -0.481 e. The molecule has 3 N–H and O–H groups in total. The third kappa shape index (κ3) is 8.66. The second kappa shape index (κ2) is 14.0. The highest BCUT2D eigenvalue weighted by atomic mass is 16.5. The molecular formula is C30H49N3O6. The van der Waals surface area contributed by atoms with Crippen molar-refractivity contribution in [2.75, 3.05) is 32.8 Å². The van der Waals surface area contributed by atoms with Gasteiger partial charge < -0.3 is 25.4 Å². The van der Waals surface area contributed by atoms with E-state index < -0.39 is 30.3 Å². The van der Waals surface area contributed by atoms with Gasteiger partial charge in [0.05, 0.1) is 19.6 Å². The van der Waals surface area contributed by atoms with Crippen LogP contribution < -0.4 is 10.6 Å². The minimum absolute atomic E-state index is 0.0939. The first-order valence-corrected chi connectivity index (χ1v) is 15.4. The van der Waals surface area contributed by atoms with E-state index in [9.17, 15) is 24.3 Å². The highest BCUT2D eigenvalue weighted by Gasteiger charge is 2.50. The molecule has 9 heteroatoms. The number of hydrogen-bond acceptors (Lipinski definition) is 6. The van der Waals surface area contributed by atoms with Crippen molar-refractivity contribution in [1.29, 1.82) is 0 Å². The first kappa shape index (κ1) is 29.8. The summed E-state index contributed by atoms with van der Waals surface area (Å²) in [6, 6.07) is -1.26. The molecule has 1 aliphatic heterocycles. The molecule has 0 spiro atoms. The van der Waals surface area contributed by atoms with Crippen LogP contribution in [0.1, 0.15) is 96.8 Å². The van der Waals surface area contributed by atoms with Crippen molar-refractivity contribution >= 4 is 23.8 Å². The van der Waals surface area contributed by atoms with Crippen LogP contribution in [0.2, 0.25) is 0 Å². The Bertz CT molecular complexity index is 835. The Hall–Kier alpha value is -2.16. The average Bonchev–Trinajstić information content (AvgIpc) is 2.88. The summed E-state index contributed by atoms with van der Waals surface area (Å²) in [5, 5.41) is 15.2. The Morgan fingerprint density at radius 3 is 2.26 bits per heavy atom. The van der Waals surface area contributed by atoms with Crippen LogP contribution in [0.5, 0.6) is 0 Å². The first-order chi connectivity index (χ1) is 18.7. The summed E-state index contributed by atoms with van der Waals surface area (Å²) in [6.45, 7) is 4.29. The molecule has 5 rings (SSSR count). The van der Waals surface area contributed by atoms with E-state index in [4.69, 9.17) is 4.74 Å². The number of nitrogens with one attached hydrogen (secondary N) is 2. The fraction of sp³-hybridized carbons (Fsp3) is 0.867. The molecule has 5 aliphatic rings. The van der Waals surface area contributed by atoms with Gasteiger partial charge in [0.25, 0.3) is 0 Å².